The van der Waals surface area contributed by atoms with Gasteiger partial charge in [0.05, 0.1) is 5.56 Å². The first-order valence-electron chi connectivity index (χ1n) is 6.36. The molecule has 0 aliphatic rings. The first kappa shape index (κ1) is 16.9. The zero-order chi connectivity index (χ0) is 17.0. The average Bonchev–Trinajstić information content (AvgIpc) is 2.98. The normalized spacial score (nSPS) is 12.5. The van der Waals surface area contributed by atoms with Crippen LogP contribution < -0.4 is 10.1 Å². The zero-order valence-corrected chi connectivity index (χ0v) is 12.6. The molecule has 5 nitrogen and oxygen atoms in total. The minimum absolute atomic E-state index is 0.279. The van der Waals surface area contributed by atoms with Crippen molar-refractivity contribution in [1.29, 1.82) is 0 Å². The van der Waals surface area contributed by atoms with E-state index in [0.717, 1.165) is 12.1 Å². The summed E-state index contributed by atoms with van der Waals surface area (Å²) >= 11 is 1.17. The van der Waals surface area contributed by atoms with Crippen molar-refractivity contribution < 1.29 is 27.5 Å². The number of anilines is 1. The number of halogens is 3. The summed E-state index contributed by atoms with van der Waals surface area (Å²) in [7, 11) is 0. The molecule has 1 unspecified atom stereocenters. The van der Waals surface area contributed by atoms with Gasteiger partial charge in [-0.25, -0.2) is 4.98 Å². The molecule has 0 aliphatic carbocycles. The van der Waals surface area contributed by atoms with Gasteiger partial charge in [-0.3, -0.25) is 9.59 Å². The molecule has 0 spiro atoms. The maximum absolute atomic E-state index is 12.6. The van der Waals surface area contributed by atoms with E-state index in [1.54, 1.807) is 5.38 Å². The van der Waals surface area contributed by atoms with Crippen molar-refractivity contribution in [2.75, 3.05) is 5.32 Å². The number of carbonyl (C=O) groups excluding carboxylic acids is 2. The van der Waals surface area contributed by atoms with Gasteiger partial charge in [0, 0.05) is 11.6 Å². The van der Waals surface area contributed by atoms with E-state index in [2.05, 4.69) is 10.3 Å². The smallest absolute Gasteiger partial charge is 0.416 e. The number of rotatable bonds is 4. The molecule has 0 bridgehead atoms. The first-order valence-corrected chi connectivity index (χ1v) is 7.24. The molecule has 2 rings (SSSR count). The van der Waals surface area contributed by atoms with Crippen molar-refractivity contribution in [2.45, 2.75) is 13.1 Å². The number of nitrogens with one attached hydrogen (secondary N) is 1. The van der Waals surface area contributed by atoms with Crippen LogP contribution in [0.3, 0.4) is 0 Å². The number of amides is 1. The van der Waals surface area contributed by atoms with Crippen molar-refractivity contribution >= 4 is 28.3 Å². The molecule has 1 aromatic carbocycles. The number of aromatic nitrogens is 1. The summed E-state index contributed by atoms with van der Waals surface area (Å²) in [6, 6.07) is 3.88. The third-order valence-electron chi connectivity index (χ3n) is 2.79. The van der Waals surface area contributed by atoms with E-state index in [9.17, 15) is 22.8 Å². The molecule has 1 amide bonds. The Kier molecular flexibility index (Phi) is 4.99. The minimum Gasteiger partial charge on any atom is -0.426 e. The van der Waals surface area contributed by atoms with E-state index in [1.165, 1.54) is 30.5 Å². The molecule has 23 heavy (non-hydrogen) atoms. The van der Waals surface area contributed by atoms with Crippen LogP contribution >= 0.6 is 11.3 Å². The summed E-state index contributed by atoms with van der Waals surface area (Å²) in [5.41, 5.74) is -0.942. The van der Waals surface area contributed by atoms with Crippen molar-refractivity contribution in [1.82, 2.24) is 4.98 Å². The number of ether oxygens (including phenoxy) is 1. The molecule has 0 aliphatic heterocycles. The van der Waals surface area contributed by atoms with E-state index in [1.807, 2.05) is 0 Å². The van der Waals surface area contributed by atoms with Crippen LogP contribution in [0.2, 0.25) is 0 Å². The highest BCUT2D eigenvalue weighted by molar-refractivity contribution is 7.13. The fourth-order valence-electron chi connectivity index (χ4n) is 1.55. The second-order valence-corrected chi connectivity index (χ2v) is 5.39. The van der Waals surface area contributed by atoms with Crippen molar-refractivity contribution in [3.63, 3.8) is 0 Å². The molecule has 122 valence electrons. The Morgan fingerprint density at radius 2 is 2.09 bits per heavy atom. The number of esters is 1. The number of alkyl halides is 3. The summed E-state index contributed by atoms with van der Waals surface area (Å²) in [6.07, 6.45) is -3.07. The van der Waals surface area contributed by atoms with Gasteiger partial charge in [-0.15, -0.1) is 11.3 Å². The van der Waals surface area contributed by atoms with Crippen LogP contribution in [0, 0.1) is 5.92 Å². The molecular formula is C14H11F3N2O3S. The summed E-state index contributed by atoms with van der Waals surface area (Å²) < 4.78 is 42.6. The second-order valence-electron chi connectivity index (χ2n) is 4.49. The lowest BCUT2D eigenvalue weighted by Gasteiger charge is -2.12. The predicted octanol–water partition coefficient (Wildman–Crippen LogP) is 3.34. The Bertz CT molecular complexity index is 702. The SMILES string of the molecule is CC(C(=O)Nc1nccs1)C(=O)Oc1cccc(C(F)(F)F)c1. The van der Waals surface area contributed by atoms with Crippen LogP contribution in [-0.2, 0) is 15.8 Å². The predicted molar refractivity (Wildman–Crippen MR) is 77.0 cm³/mol. The van der Waals surface area contributed by atoms with Crippen molar-refractivity contribution in [3.8, 4) is 5.75 Å². The summed E-state index contributed by atoms with van der Waals surface area (Å²) in [5.74, 6) is -3.09. The molecule has 9 heteroatoms. The third-order valence-corrected chi connectivity index (χ3v) is 3.48. The molecule has 2 aromatic rings. The van der Waals surface area contributed by atoms with E-state index >= 15 is 0 Å². The average molecular weight is 344 g/mol. The molecule has 0 fully saturated rings. The highest BCUT2D eigenvalue weighted by atomic mass is 32.1. The standard InChI is InChI=1S/C14H11F3N2O3S/c1-8(11(20)19-13-18-5-6-23-13)12(21)22-10-4-2-3-9(7-10)14(15,16)17/h2-8H,1H3,(H,18,19,20). The second kappa shape index (κ2) is 6.78. The van der Waals surface area contributed by atoms with Gasteiger partial charge in [0.25, 0.3) is 0 Å². The zero-order valence-electron chi connectivity index (χ0n) is 11.8. The number of nitrogens with zero attached hydrogens (tertiary/aromatic N) is 1. The topological polar surface area (TPSA) is 68.3 Å². The Labute approximate surface area is 133 Å². The van der Waals surface area contributed by atoms with Crippen LogP contribution in [0.25, 0.3) is 0 Å². The molecular weight excluding hydrogens is 333 g/mol. The van der Waals surface area contributed by atoms with E-state index in [0.29, 0.717) is 11.2 Å². The van der Waals surface area contributed by atoms with Crippen molar-refractivity contribution in [2.24, 2.45) is 5.92 Å². The van der Waals surface area contributed by atoms with Crippen LogP contribution in [-0.4, -0.2) is 16.9 Å². The Morgan fingerprint density at radius 1 is 1.35 bits per heavy atom. The summed E-state index contributed by atoms with van der Waals surface area (Å²) in [4.78, 5) is 27.5. The Balaban J connectivity index is 2.02. The monoisotopic (exact) mass is 344 g/mol. The fourth-order valence-corrected chi connectivity index (χ4v) is 2.08. The summed E-state index contributed by atoms with van der Waals surface area (Å²) in [6.45, 7) is 1.29. The van der Waals surface area contributed by atoms with E-state index in [-0.39, 0.29) is 5.75 Å². The maximum atomic E-state index is 12.6. The maximum Gasteiger partial charge on any atom is 0.416 e. The van der Waals surface area contributed by atoms with Crippen molar-refractivity contribution in [3.05, 3.63) is 41.4 Å². The number of hydrogen-bond donors (Lipinski definition) is 1. The van der Waals surface area contributed by atoms with Gasteiger partial charge in [-0.05, 0) is 25.1 Å². The molecule has 1 heterocycles. The lowest BCUT2D eigenvalue weighted by atomic mass is 10.1. The van der Waals surface area contributed by atoms with Gasteiger partial charge < -0.3 is 10.1 Å². The van der Waals surface area contributed by atoms with Gasteiger partial charge in [0.1, 0.15) is 11.7 Å². The lowest BCUT2D eigenvalue weighted by Crippen LogP contribution is -2.30. The van der Waals surface area contributed by atoms with Gasteiger partial charge in [-0.2, -0.15) is 13.2 Å². The molecule has 1 aromatic heterocycles. The van der Waals surface area contributed by atoms with Gasteiger partial charge in [0.15, 0.2) is 5.13 Å². The summed E-state index contributed by atoms with van der Waals surface area (Å²) in [5, 5.41) is 4.37. The number of carbonyl (C=O) groups is 2. The first-order chi connectivity index (χ1) is 10.8. The van der Waals surface area contributed by atoms with Crippen LogP contribution in [0.5, 0.6) is 5.75 Å². The quantitative estimate of drug-likeness (QED) is 0.525. The van der Waals surface area contributed by atoms with E-state index < -0.39 is 29.5 Å². The number of benzene rings is 1. The molecule has 1 N–H and O–H groups in total. The number of hydrogen-bond acceptors (Lipinski definition) is 5. The third kappa shape index (κ3) is 4.52. The molecule has 0 saturated carbocycles. The van der Waals surface area contributed by atoms with Crippen LogP contribution in [0.4, 0.5) is 18.3 Å². The lowest BCUT2D eigenvalue weighted by molar-refractivity contribution is -0.143. The molecule has 0 saturated heterocycles. The van der Waals surface area contributed by atoms with Crippen LogP contribution in [0.1, 0.15) is 12.5 Å². The highest BCUT2D eigenvalue weighted by Crippen LogP contribution is 2.31. The Morgan fingerprint density at radius 3 is 2.70 bits per heavy atom. The number of thiazole rings is 1. The molecule has 1 atom stereocenters. The van der Waals surface area contributed by atoms with Gasteiger partial charge in [0.2, 0.25) is 5.91 Å². The Hall–Kier alpha value is -2.42. The largest absolute Gasteiger partial charge is 0.426 e. The highest BCUT2D eigenvalue weighted by Gasteiger charge is 2.31. The fraction of sp³-hybridized carbons (Fsp3) is 0.214. The minimum atomic E-state index is -4.55. The van der Waals surface area contributed by atoms with Gasteiger partial charge >= 0.3 is 12.1 Å². The molecule has 0 radical (unpaired) electrons. The van der Waals surface area contributed by atoms with Gasteiger partial charge in [-0.1, -0.05) is 6.07 Å². The van der Waals surface area contributed by atoms with Crippen LogP contribution in [0.15, 0.2) is 35.8 Å². The van der Waals surface area contributed by atoms with E-state index in [4.69, 9.17) is 4.74 Å².